The van der Waals surface area contributed by atoms with Gasteiger partial charge in [-0.3, -0.25) is 4.79 Å². The van der Waals surface area contributed by atoms with Crippen molar-refractivity contribution in [1.29, 1.82) is 0 Å². The molecule has 130 valence electrons. The number of amides is 1. The number of aromatic nitrogens is 1. The van der Waals surface area contributed by atoms with Crippen LogP contribution in [0.2, 0.25) is 0 Å². The maximum Gasteiger partial charge on any atom is 0.410 e. The van der Waals surface area contributed by atoms with Crippen LogP contribution in [-0.2, 0) is 11.3 Å². The molecular formula is C16H26N2O4S. The summed E-state index contributed by atoms with van der Waals surface area (Å²) in [6.45, 7) is 9.15. The number of hydrogen-bond acceptors (Lipinski definition) is 6. The maximum atomic E-state index is 12.4. The van der Waals surface area contributed by atoms with E-state index in [1.54, 1.807) is 33.2 Å². The lowest BCUT2D eigenvalue weighted by Crippen LogP contribution is -2.44. The Labute approximate surface area is 141 Å². The van der Waals surface area contributed by atoms with Crippen LogP contribution >= 0.6 is 11.3 Å². The summed E-state index contributed by atoms with van der Waals surface area (Å²) in [4.78, 5) is 30.2. The number of Topliss-reactive ketones (excluding diaryl/α,β-unsaturated/α-hetero) is 1. The second kappa shape index (κ2) is 7.88. The molecular weight excluding hydrogens is 316 g/mol. The molecule has 7 heteroatoms. The molecule has 0 aliphatic carbocycles. The highest BCUT2D eigenvalue weighted by atomic mass is 32.1. The van der Waals surface area contributed by atoms with Crippen molar-refractivity contribution < 1.29 is 19.4 Å². The van der Waals surface area contributed by atoms with Crippen LogP contribution in [0.1, 0.15) is 56.5 Å². The van der Waals surface area contributed by atoms with Gasteiger partial charge in [0.05, 0.1) is 12.3 Å². The third-order valence-corrected chi connectivity index (χ3v) is 4.23. The van der Waals surface area contributed by atoms with Gasteiger partial charge in [0.25, 0.3) is 0 Å². The lowest BCUT2D eigenvalue weighted by atomic mass is 9.97. The fraction of sp³-hybridized carbons (Fsp3) is 0.688. The smallest absolute Gasteiger partial charge is 0.410 e. The summed E-state index contributed by atoms with van der Waals surface area (Å²) in [5, 5.41) is 11.1. The Kier molecular flexibility index (Phi) is 6.70. The summed E-state index contributed by atoms with van der Waals surface area (Å²) in [7, 11) is 1.65. The zero-order chi connectivity index (χ0) is 17.8. The summed E-state index contributed by atoms with van der Waals surface area (Å²) in [5.74, 6) is -0.0439. The molecule has 0 aliphatic rings. The molecule has 1 aromatic rings. The Bertz CT molecular complexity index is 549. The third kappa shape index (κ3) is 5.91. The van der Waals surface area contributed by atoms with Gasteiger partial charge in [0.1, 0.15) is 5.60 Å². The first-order chi connectivity index (χ1) is 10.5. The lowest BCUT2D eigenvalue weighted by molar-refractivity contribution is 0.0174. The van der Waals surface area contributed by atoms with E-state index in [9.17, 15) is 9.59 Å². The molecule has 1 aromatic heterocycles. The highest BCUT2D eigenvalue weighted by molar-refractivity contribution is 7.11. The number of carbonyl (C=O) groups is 2. The molecule has 0 saturated heterocycles. The topological polar surface area (TPSA) is 79.7 Å². The van der Waals surface area contributed by atoms with Crippen molar-refractivity contribution in [2.24, 2.45) is 5.92 Å². The van der Waals surface area contributed by atoms with Gasteiger partial charge in [-0.15, -0.1) is 11.3 Å². The first kappa shape index (κ1) is 19.6. The molecule has 23 heavy (non-hydrogen) atoms. The molecule has 1 atom stereocenters. The molecule has 0 saturated carbocycles. The molecule has 0 radical (unpaired) electrons. The number of rotatable bonds is 6. The van der Waals surface area contributed by atoms with E-state index >= 15 is 0 Å². The van der Waals surface area contributed by atoms with Gasteiger partial charge >= 0.3 is 6.09 Å². The molecule has 0 spiro atoms. The monoisotopic (exact) mass is 342 g/mol. The van der Waals surface area contributed by atoms with E-state index in [-0.39, 0.29) is 30.8 Å². The Morgan fingerprint density at radius 2 is 2.00 bits per heavy atom. The lowest BCUT2D eigenvalue weighted by Gasteiger charge is -2.32. The average Bonchev–Trinajstić information content (AvgIpc) is 2.90. The van der Waals surface area contributed by atoms with Gasteiger partial charge < -0.3 is 14.7 Å². The van der Waals surface area contributed by atoms with E-state index in [0.29, 0.717) is 10.7 Å². The van der Waals surface area contributed by atoms with E-state index in [0.717, 1.165) is 0 Å². The van der Waals surface area contributed by atoms with Gasteiger partial charge in [-0.1, -0.05) is 13.8 Å². The number of aliphatic hydroxyl groups is 1. The van der Waals surface area contributed by atoms with Gasteiger partial charge in [0.15, 0.2) is 10.8 Å². The van der Waals surface area contributed by atoms with Crippen LogP contribution in [0, 0.1) is 5.92 Å². The number of aliphatic hydroxyl groups excluding tert-OH is 1. The van der Waals surface area contributed by atoms with E-state index in [1.807, 2.05) is 13.8 Å². The zero-order valence-electron chi connectivity index (χ0n) is 14.6. The number of ketones is 1. The zero-order valence-corrected chi connectivity index (χ0v) is 15.4. The van der Waals surface area contributed by atoms with Crippen molar-refractivity contribution in [2.45, 2.75) is 59.3 Å². The van der Waals surface area contributed by atoms with Crippen LogP contribution in [0.15, 0.2) is 5.38 Å². The molecule has 1 N–H and O–H groups in total. The van der Waals surface area contributed by atoms with Crippen LogP contribution < -0.4 is 0 Å². The number of ether oxygens (including phenoxy) is 1. The second-order valence-electron chi connectivity index (χ2n) is 6.83. The molecule has 1 rings (SSSR count). The highest BCUT2D eigenvalue weighted by Gasteiger charge is 2.30. The predicted octanol–water partition coefficient (Wildman–Crippen LogP) is 3.10. The number of hydrogen-bond donors (Lipinski definition) is 1. The van der Waals surface area contributed by atoms with Crippen LogP contribution in [-0.4, -0.2) is 45.6 Å². The first-order valence-corrected chi connectivity index (χ1v) is 8.47. The van der Waals surface area contributed by atoms with Crippen molar-refractivity contribution in [3.05, 3.63) is 16.1 Å². The number of thiazole rings is 1. The molecule has 0 unspecified atom stereocenters. The van der Waals surface area contributed by atoms with E-state index in [4.69, 9.17) is 9.84 Å². The van der Waals surface area contributed by atoms with Crippen LogP contribution in [0.4, 0.5) is 4.79 Å². The van der Waals surface area contributed by atoms with Gasteiger partial charge in [0, 0.05) is 24.9 Å². The van der Waals surface area contributed by atoms with Crippen LogP contribution in [0.5, 0.6) is 0 Å². The molecule has 0 fully saturated rings. The minimum absolute atomic E-state index is 0.0914. The van der Waals surface area contributed by atoms with Crippen LogP contribution in [0.3, 0.4) is 0 Å². The standard InChI is InChI=1S/C16H26N2O4S/c1-10(2)12(18(6)15(21)22-16(3,4)5)7-13(20)14-17-11(8-19)9-23-14/h9-10,12,19H,7-8H2,1-6H3/t12-/m1/s1. The minimum atomic E-state index is -0.581. The van der Waals surface area contributed by atoms with Gasteiger partial charge in [-0.2, -0.15) is 0 Å². The normalized spacial score (nSPS) is 13.0. The predicted molar refractivity (Wildman–Crippen MR) is 89.6 cm³/mol. The van der Waals surface area contributed by atoms with Gasteiger partial charge in [-0.25, -0.2) is 9.78 Å². The Balaban J connectivity index is 2.81. The first-order valence-electron chi connectivity index (χ1n) is 7.59. The molecule has 0 aliphatic heterocycles. The highest BCUT2D eigenvalue weighted by Crippen LogP contribution is 2.21. The summed E-state index contributed by atoms with van der Waals surface area (Å²) < 4.78 is 5.37. The average molecular weight is 342 g/mol. The second-order valence-corrected chi connectivity index (χ2v) is 7.69. The van der Waals surface area contributed by atoms with E-state index in [1.165, 1.54) is 16.2 Å². The Hall–Kier alpha value is -1.47. The van der Waals surface area contributed by atoms with Crippen molar-refractivity contribution in [3.8, 4) is 0 Å². The molecule has 0 bridgehead atoms. The summed E-state index contributed by atoms with van der Waals surface area (Å²) in [5.41, 5.74) is -0.0951. The minimum Gasteiger partial charge on any atom is -0.444 e. The SMILES string of the molecule is CC(C)[C@@H](CC(=O)c1nc(CO)cs1)N(C)C(=O)OC(C)(C)C. The van der Waals surface area contributed by atoms with E-state index in [2.05, 4.69) is 4.98 Å². The summed E-state index contributed by atoms with van der Waals surface area (Å²) >= 11 is 1.21. The number of nitrogens with zero attached hydrogens (tertiary/aromatic N) is 2. The van der Waals surface area contributed by atoms with Crippen LogP contribution in [0.25, 0.3) is 0 Å². The third-order valence-electron chi connectivity index (χ3n) is 3.30. The van der Waals surface area contributed by atoms with Gasteiger partial charge in [0.2, 0.25) is 0 Å². The molecule has 1 amide bonds. The fourth-order valence-electron chi connectivity index (χ4n) is 2.07. The Morgan fingerprint density at radius 3 is 2.43 bits per heavy atom. The molecule has 6 nitrogen and oxygen atoms in total. The maximum absolute atomic E-state index is 12.4. The quantitative estimate of drug-likeness (QED) is 0.804. The number of carbonyl (C=O) groups excluding carboxylic acids is 2. The van der Waals surface area contributed by atoms with Crippen molar-refractivity contribution in [1.82, 2.24) is 9.88 Å². The van der Waals surface area contributed by atoms with E-state index < -0.39 is 11.7 Å². The largest absolute Gasteiger partial charge is 0.444 e. The summed E-state index contributed by atoms with van der Waals surface area (Å²) in [6.07, 6.45) is -0.273. The van der Waals surface area contributed by atoms with Crippen molar-refractivity contribution in [3.63, 3.8) is 0 Å². The van der Waals surface area contributed by atoms with Crippen molar-refractivity contribution >= 4 is 23.2 Å². The van der Waals surface area contributed by atoms with Gasteiger partial charge in [-0.05, 0) is 26.7 Å². The Morgan fingerprint density at radius 1 is 1.39 bits per heavy atom. The molecule has 1 heterocycles. The fourth-order valence-corrected chi connectivity index (χ4v) is 2.83. The van der Waals surface area contributed by atoms with Crippen molar-refractivity contribution in [2.75, 3.05) is 7.05 Å². The summed E-state index contributed by atoms with van der Waals surface area (Å²) in [6, 6.07) is -0.279. The molecule has 0 aromatic carbocycles.